The summed E-state index contributed by atoms with van der Waals surface area (Å²) in [5, 5.41) is 13.3. The van der Waals surface area contributed by atoms with Gasteiger partial charge < -0.3 is 16.2 Å². The van der Waals surface area contributed by atoms with Crippen molar-refractivity contribution >= 4 is 22.3 Å². The predicted molar refractivity (Wildman–Crippen MR) is 70.9 cm³/mol. The summed E-state index contributed by atoms with van der Waals surface area (Å²) < 4.78 is 0. The number of benzene rings is 1. The lowest BCUT2D eigenvalue weighted by atomic mass is 10.1. The molecule has 0 amide bonds. The molecular weight excluding hydrogens is 214 g/mol. The van der Waals surface area contributed by atoms with E-state index < -0.39 is 0 Å². The number of nitrogens with one attached hydrogen (secondary N) is 1. The Balaban J connectivity index is 2.37. The molecular formula is C13H17N3O. The van der Waals surface area contributed by atoms with Gasteiger partial charge in [-0.2, -0.15) is 0 Å². The zero-order valence-electron chi connectivity index (χ0n) is 9.85. The predicted octanol–water partition coefficient (Wildman–Crippen LogP) is 2.00. The molecule has 0 aliphatic carbocycles. The third-order valence-electron chi connectivity index (χ3n) is 2.77. The van der Waals surface area contributed by atoms with E-state index >= 15 is 0 Å². The highest BCUT2D eigenvalue weighted by Crippen LogP contribution is 2.26. The molecule has 0 radical (unpaired) electrons. The van der Waals surface area contributed by atoms with Gasteiger partial charge in [0, 0.05) is 29.9 Å². The molecule has 4 nitrogen and oxygen atoms in total. The number of rotatable bonds is 4. The van der Waals surface area contributed by atoms with E-state index in [4.69, 9.17) is 10.8 Å². The summed E-state index contributed by atoms with van der Waals surface area (Å²) in [6.07, 6.45) is 2.46. The SMILES string of the molecule is CC(CCO)Nc1ccnc2c(N)cccc12. The first-order valence-electron chi connectivity index (χ1n) is 5.73. The van der Waals surface area contributed by atoms with Gasteiger partial charge >= 0.3 is 0 Å². The molecule has 4 N–H and O–H groups in total. The first kappa shape index (κ1) is 11.7. The van der Waals surface area contributed by atoms with Crippen molar-refractivity contribution in [1.29, 1.82) is 0 Å². The Labute approximate surface area is 100 Å². The standard InChI is InChI=1S/C13H17N3O/c1-9(6-8-17)16-12-5-7-15-13-10(12)3-2-4-11(13)14/h2-5,7,9,17H,6,8,14H2,1H3,(H,15,16). The highest BCUT2D eigenvalue weighted by atomic mass is 16.3. The number of para-hydroxylation sites is 1. The van der Waals surface area contributed by atoms with Crippen LogP contribution >= 0.6 is 0 Å². The fourth-order valence-corrected chi connectivity index (χ4v) is 1.86. The van der Waals surface area contributed by atoms with Crippen LogP contribution in [0, 0.1) is 0 Å². The second-order valence-electron chi connectivity index (χ2n) is 4.16. The Hall–Kier alpha value is -1.81. The van der Waals surface area contributed by atoms with Crippen molar-refractivity contribution in [1.82, 2.24) is 4.98 Å². The van der Waals surface area contributed by atoms with Gasteiger partial charge in [-0.15, -0.1) is 0 Å². The van der Waals surface area contributed by atoms with Gasteiger partial charge in [0.05, 0.1) is 11.2 Å². The smallest absolute Gasteiger partial charge is 0.0951 e. The van der Waals surface area contributed by atoms with Crippen LogP contribution in [-0.4, -0.2) is 22.7 Å². The molecule has 0 saturated carbocycles. The van der Waals surface area contributed by atoms with Crippen molar-refractivity contribution in [2.45, 2.75) is 19.4 Å². The molecule has 1 aromatic carbocycles. The maximum Gasteiger partial charge on any atom is 0.0951 e. The summed E-state index contributed by atoms with van der Waals surface area (Å²) in [6.45, 7) is 2.22. The van der Waals surface area contributed by atoms with Crippen LogP contribution in [0.3, 0.4) is 0 Å². The van der Waals surface area contributed by atoms with Crippen molar-refractivity contribution < 1.29 is 5.11 Å². The van der Waals surface area contributed by atoms with E-state index in [2.05, 4.69) is 10.3 Å². The minimum atomic E-state index is 0.180. The third-order valence-corrected chi connectivity index (χ3v) is 2.77. The average Bonchev–Trinajstić information content (AvgIpc) is 2.31. The number of fused-ring (bicyclic) bond motifs is 1. The number of aromatic nitrogens is 1. The number of hydrogen-bond acceptors (Lipinski definition) is 4. The van der Waals surface area contributed by atoms with Crippen molar-refractivity contribution in [2.75, 3.05) is 17.7 Å². The highest BCUT2D eigenvalue weighted by Gasteiger charge is 2.06. The lowest BCUT2D eigenvalue weighted by Crippen LogP contribution is -2.16. The third kappa shape index (κ3) is 2.47. The van der Waals surface area contributed by atoms with Crippen molar-refractivity contribution in [3.8, 4) is 0 Å². The monoisotopic (exact) mass is 231 g/mol. The lowest BCUT2D eigenvalue weighted by molar-refractivity contribution is 0.282. The summed E-state index contributed by atoms with van der Waals surface area (Å²) in [5.74, 6) is 0. The van der Waals surface area contributed by atoms with Gasteiger partial charge in [-0.25, -0.2) is 0 Å². The first-order valence-corrected chi connectivity index (χ1v) is 5.73. The van der Waals surface area contributed by atoms with Crippen LogP contribution in [0.2, 0.25) is 0 Å². The molecule has 2 aromatic rings. The molecule has 4 heteroatoms. The summed E-state index contributed by atoms with van der Waals surface area (Å²) in [5.41, 5.74) is 8.38. The maximum atomic E-state index is 8.90. The lowest BCUT2D eigenvalue weighted by Gasteiger charge is -2.15. The fourth-order valence-electron chi connectivity index (χ4n) is 1.86. The van der Waals surface area contributed by atoms with E-state index in [1.165, 1.54) is 0 Å². The molecule has 0 aliphatic rings. The summed E-state index contributed by atoms with van der Waals surface area (Å²) in [4.78, 5) is 4.28. The number of nitrogen functional groups attached to an aromatic ring is 1. The van der Waals surface area contributed by atoms with Gasteiger partial charge in [0.15, 0.2) is 0 Å². The molecule has 0 bridgehead atoms. The van der Waals surface area contributed by atoms with Crippen LogP contribution in [0.4, 0.5) is 11.4 Å². The molecule has 0 spiro atoms. The van der Waals surface area contributed by atoms with E-state index in [-0.39, 0.29) is 12.6 Å². The molecule has 1 unspecified atom stereocenters. The van der Waals surface area contributed by atoms with Gasteiger partial charge in [0.1, 0.15) is 0 Å². The first-order chi connectivity index (χ1) is 8.22. The largest absolute Gasteiger partial charge is 0.397 e. The molecule has 2 rings (SSSR count). The van der Waals surface area contributed by atoms with Crippen LogP contribution in [0.15, 0.2) is 30.5 Å². The number of aliphatic hydroxyl groups excluding tert-OH is 1. The second kappa shape index (κ2) is 5.01. The number of nitrogens with zero attached hydrogens (tertiary/aromatic N) is 1. The highest BCUT2D eigenvalue weighted by molar-refractivity contribution is 5.97. The second-order valence-corrected chi connectivity index (χ2v) is 4.16. The molecule has 1 atom stereocenters. The fraction of sp³-hybridized carbons (Fsp3) is 0.308. The Morgan fingerprint density at radius 1 is 1.41 bits per heavy atom. The van der Waals surface area contributed by atoms with E-state index in [0.29, 0.717) is 12.1 Å². The Bertz CT molecular complexity index is 513. The molecule has 0 saturated heterocycles. The summed E-state index contributed by atoms with van der Waals surface area (Å²) in [6, 6.07) is 7.90. The zero-order valence-corrected chi connectivity index (χ0v) is 9.85. The number of hydrogen-bond donors (Lipinski definition) is 3. The average molecular weight is 231 g/mol. The minimum Gasteiger partial charge on any atom is -0.397 e. The van der Waals surface area contributed by atoms with Gasteiger partial charge in [-0.1, -0.05) is 12.1 Å². The quantitative estimate of drug-likeness (QED) is 0.704. The van der Waals surface area contributed by atoms with Crippen LogP contribution in [-0.2, 0) is 0 Å². The van der Waals surface area contributed by atoms with Gasteiger partial charge in [-0.3, -0.25) is 4.98 Å². The minimum absolute atomic E-state index is 0.180. The summed E-state index contributed by atoms with van der Waals surface area (Å²) in [7, 11) is 0. The number of nitrogens with two attached hydrogens (primary N) is 1. The molecule has 1 heterocycles. The molecule has 17 heavy (non-hydrogen) atoms. The van der Waals surface area contributed by atoms with Gasteiger partial charge in [-0.05, 0) is 25.5 Å². The van der Waals surface area contributed by atoms with E-state index in [1.807, 2.05) is 31.2 Å². The van der Waals surface area contributed by atoms with E-state index in [1.54, 1.807) is 6.20 Å². The molecule has 0 fully saturated rings. The topological polar surface area (TPSA) is 71.2 Å². The molecule has 0 aliphatic heterocycles. The van der Waals surface area contributed by atoms with E-state index in [0.717, 1.165) is 16.6 Å². The Morgan fingerprint density at radius 2 is 2.24 bits per heavy atom. The van der Waals surface area contributed by atoms with Crippen LogP contribution in [0.1, 0.15) is 13.3 Å². The summed E-state index contributed by atoms with van der Waals surface area (Å²) >= 11 is 0. The van der Waals surface area contributed by atoms with Gasteiger partial charge in [0.2, 0.25) is 0 Å². The normalized spacial score (nSPS) is 12.6. The van der Waals surface area contributed by atoms with Gasteiger partial charge in [0.25, 0.3) is 0 Å². The molecule has 1 aromatic heterocycles. The number of aliphatic hydroxyl groups is 1. The number of anilines is 2. The van der Waals surface area contributed by atoms with Crippen LogP contribution in [0.5, 0.6) is 0 Å². The van der Waals surface area contributed by atoms with Crippen molar-refractivity contribution in [2.24, 2.45) is 0 Å². The van der Waals surface area contributed by atoms with Crippen LogP contribution < -0.4 is 11.1 Å². The molecule has 90 valence electrons. The maximum absolute atomic E-state index is 8.90. The van der Waals surface area contributed by atoms with E-state index in [9.17, 15) is 0 Å². The van der Waals surface area contributed by atoms with Crippen LogP contribution in [0.25, 0.3) is 10.9 Å². The Morgan fingerprint density at radius 3 is 3.00 bits per heavy atom. The zero-order chi connectivity index (χ0) is 12.3. The van der Waals surface area contributed by atoms with Crippen molar-refractivity contribution in [3.63, 3.8) is 0 Å². The Kier molecular flexibility index (Phi) is 3.44. The number of pyridine rings is 1. The van der Waals surface area contributed by atoms with Crippen molar-refractivity contribution in [3.05, 3.63) is 30.5 Å².